The van der Waals surface area contributed by atoms with Crippen molar-refractivity contribution in [2.75, 3.05) is 0 Å². The van der Waals surface area contributed by atoms with Gasteiger partial charge in [-0.15, -0.1) is 0 Å². The Morgan fingerprint density at radius 2 is 1.07 bits per heavy atom. The molecule has 4 rings (SSSR count). The van der Waals surface area contributed by atoms with Crippen molar-refractivity contribution >= 4 is 0 Å². The molecule has 144 valence electrons. The van der Waals surface area contributed by atoms with Gasteiger partial charge in [-0.1, -0.05) is 84.4 Å². The molecule has 0 saturated carbocycles. The van der Waals surface area contributed by atoms with E-state index in [4.69, 9.17) is 19.6 Å². The Kier molecular flexibility index (Phi) is 6.11. The quantitative estimate of drug-likeness (QED) is 0.620. The van der Waals surface area contributed by atoms with Crippen LogP contribution in [0.4, 0.5) is 0 Å². The summed E-state index contributed by atoms with van der Waals surface area (Å²) in [4.78, 5) is 21.5. The summed E-state index contributed by atoms with van der Waals surface area (Å²) >= 11 is 0. The lowest BCUT2D eigenvalue weighted by Gasteiger charge is -2.27. The van der Waals surface area contributed by atoms with Crippen molar-refractivity contribution in [2.45, 2.75) is 32.6 Å². The van der Waals surface area contributed by atoms with Crippen molar-refractivity contribution in [2.24, 2.45) is 0 Å². The van der Waals surface area contributed by atoms with Crippen LogP contribution in [0, 0.1) is 6.92 Å². The fraction of sp³-hybridized carbons (Fsp3) is 0.217. The van der Waals surface area contributed by atoms with Crippen LogP contribution in [0.15, 0.2) is 78.9 Å². The third-order valence-electron chi connectivity index (χ3n) is 4.56. The van der Waals surface area contributed by atoms with E-state index < -0.39 is 12.6 Å². The summed E-state index contributed by atoms with van der Waals surface area (Å²) in [6, 6.07) is 26.1. The van der Waals surface area contributed by atoms with Gasteiger partial charge in [-0.3, -0.25) is 0 Å². The van der Waals surface area contributed by atoms with Crippen molar-refractivity contribution in [1.29, 1.82) is 0 Å². The van der Waals surface area contributed by atoms with E-state index in [0.717, 1.165) is 29.8 Å². The molecule has 0 unspecified atom stereocenters. The Hall–Kier alpha value is -2.54. The third kappa shape index (κ3) is 4.84. The third-order valence-corrected chi connectivity index (χ3v) is 4.56. The highest BCUT2D eigenvalue weighted by atomic mass is 17.4. The molecule has 28 heavy (non-hydrogen) atoms. The number of benzene rings is 3. The van der Waals surface area contributed by atoms with Crippen molar-refractivity contribution < 1.29 is 19.6 Å². The Labute approximate surface area is 164 Å². The Morgan fingerprint density at radius 1 is 0.607 bits per heavy atom. The second kappa shape index (κ2) is 9.10. The lowest BCUT2D eigenvalue weighted by atomic mass is 10.1. The molecule has 1 N–H and O–H groups in total. The van der Waals surface area contributed by atoms with Crippen molar-refractivity contribution in [3.63, 3.8) is 0 Å². The van der Waals surface area contributed by atoms with Crippen LogP contribution >= 0.6 is 0 Å². The first-order valence-corrected chi connectivity index (χ1v) is 9.32. The number of hydrogen-bond donors (Lipinski definition) is 1. The molecule has 1 aliphatic rings. The Balaban J connectivity index is 1.27. The topological polar surface area (TPSA) is 49.0 Å². The summed E-state index contributed by atoms with van der Waals surface area (Å²) in [6.45, 7) is 3.64. The van der Waals surface area contributed by atoms with Gasteiger partial charge in [0.2, 0.25) is 12.6 Å². The van der Waals surface area contributed by atoms with Gasteiger partial charge in [-0.05, 0) is 18.1 Å². The number of aryl methyl sites for hydroxylation is 1. The van der Waals surface area contributed by atoms with E-state index in [1.165, 1.54) is 11.1 Å². The highest BCUT2D eigenvalue weighted by Crippen LogP contribution is 2.32. The molecule has 1 fully saturated rings. The lowest BCUT2D eigenvalue weighted by Crippen LogP contribution is -2.22. The predicted octanol–water partition coefficient (Wildman–Crippen LogP) is 4.89. The van der Waals surface area contributed by atoms with Gasteiger partial charge in [0, 0.05) is 24.2 Å². The van der Waals surface area contributed by atoms with Crippen molar-refractivity contribution in [3.05, 3.63) is 107 Å². The monoisotopic (exact) mass is 377 g/mol. The minimum Gasteiger partial charge on any atom is -0.309 e. The fourth-order valence-electron chi connectivity index (χ4n) is 2.92. The zero-order valence-electron chi connectivity index (χ0n) is 15.7. The summed E-state index contributed by atoms with van der Waals surface area (Å²) in [6.07, 6.45) is -1.41. The molecule has 5 nitrogen and oxygen atoms in total. The van der Waals surface area contributed by atoms with Crippen LogP contribution in [0.3, 0.4) is 0 Å². The Morgan fingerprint density at radius 3 is 1.61 bits per heavy atom. The molecule has 0 radical (unpaired) electrons. The van der Waals surface area contributed by atoms with Gasteiger partial charge in [-0.25, -0.2) is 0 Å². The highest BCUT2D eigenvalue weighted by Gasteiger charge is 2.28. The molecular formula is C23H23NO4. The van der Waals surface area contributed by atoms with Crippen molar-refractivity contribution in [3.8, 4) is 0 Å². The number of nitrogens with one attached hydrogen (secondary N) is 1. The fourth-order valence-corrected chi connectivity index (χ4v) is 2.92. The van der Waals surface area contributed by atoms with Gasteiger partial charge in [-0.2, -0.15) is 19.6 Å². The van der Waals surface area contributed by atoms with Gasteiger partial charge in [0.25, 0.3) is 0 Å². The van der Waals surface area contributed by atoms with Crippen LogP contribution in [0.2, 0.25) is 0 Å². The smallest absolute Gasteiger partial charge is 0.249 e. The molecule has 0 aromatic heterocycles. The van der Waals surface area contributed by atoms with Crippen LogP contribution in [-0.4, -0.2) is 0 Å². The first-order valence-electron chi connectivity index (χ1n) is 9.32. The van der Waals surface area contributed by atoms with Crippen LogP contribution in [-0.2, 0) is 32.6 Å². The molecule has 0 atom stereocenters. The van der Waals surface area contributed by atoms with E-state index in [9.17, 15) is 0 Å². The second-order valence-corrected chi connectivity index (χ2v) is 6.79. The molecule has 1 aliphatic heterocycles. The number of rotatable bonds is 6. The maximum atomic E-state index is 5.38. The van der Waals surface area contributed by atoms with E-state index in [1.807, 2.05) is 73.7 Å². The van der Waals surface area contributed by atoms with Gasteiger partial charge in [0.05, 0.1) is 0 Å². The first kappa shape index (κ1) is 18.8. The van der Waals surface area contributed by atoms with E-state index in [0.29, 0.717) is 0 Å². The second-order valence-electron chi connectivity index (χ2n) is 6.79. The van der Waals surface area contributed by atoms with Gasteiger partial charge >= 0.3 is 0 Å². The van der Waals surface area contributed by atoms with Crippen LogP contribution in [0.1, 0.15) is 40.4 Å². The number of hydrogen-bond acceptors (Lipinski definition) is 5. The van der Waals surface area contributed by atoms with Crippen molar-refractivity contribution in [1.82, 2.24) is 5.32 Å². The molecule has 5 heteroatoms. The van der Waals surface area contributed by atoms with E-state index in [2.05, 4.69) is 17.4 Å². The van der Waals surface area contributed by atoms with Crippen LogP contribution < -0.4 is 5.32 Å². The summed E-state index contributed by atoms with van der Waals surface area (Å²) in [5.41, 5.74) is 5.27. The van der Waals surface area contributed by atoms with Crippen LogP contribution in [0.5, 0.6) is 0 Å². The first-order chi connectivity index (χ1) is 13.8. The summed E-state index contributed by atoms with van der Waals surface area (Å²) < 4.78 is 0. The molecular weight excluding hydrogens is 354 g/mol. The zero-order chi connectivity index (χ0) is 19.2. The average molecular weight is 377 g/mol. The maximum absolute atomic E-state index is 5.38. The SMILES string of the molecule is Cc1ccc(C2OOC(c3ccc(CNCc4ccccc4)cc3)OO2)cc1. The molecule has 1 heterocycles. The average Bonchev–Trinajstić information content (AvgIpc) is 2.76. The molecule has 1 saturated heterocycles. The summed E-state index contributed by atoms with van der Waals surface area (Å²) in [5.74, 6) is 0. The van der Waals surface area contributed by atoms with Crippen LogP contribution in [0.25, 0.3) is 0 Å². The van der Waals surface area contributed by atoms with Gasteiger partial charge in [0.15, 0.2) is 0 Å². The molecule has 3 aromatic carbocycles. The maximum Gasteiger partial charge on any atom is 0.249 e. The lowest BCUT2D eigenvalue weighted by molar-refractivity contribution is -0.600. The van der Waals surface area contributed by atoms with E-state index in [-0.39, 0.29) is 0 Å². The normalized spacial score (nSPS) is 19.5. The molecule has 0 amide bonds. The van der Waals surface area contributed by atoms with Gasteiger partial charge in [0.1, 0.15) is 0 Å². The standard InChI is InChI=1S/C23H23NO4/c1-17-7-11-20(12-8-17)22-25-27-23(28-26-22)21-13-9-19(10-14-21)16-24-15-18-5-3-2-4-6-18/h2-14,22-24H,15-16H2,1H3. The molecule has 0 aliphatic carbocycles. The van der Waals surface area contributed by atoms with E-state index >= 15 is 0 Å². The minimum absolute atomic E-state index is 0.696. The summed E-state index contributed by atoms with van der Waals surface area (Å²) in [5, 5.41) is 3.43. The minimum atomic E-state index is -0.715. The largest absolute Gasteiger partial charge is 0.309 e. The molecule has 0 spiro atoms. The Bertz CT molecular complexity index is 857. The predicted molar refractivity (Wildman–Crippen MR) is 104 cm³/mol. The highest BCUT2D eigenvalue weighted by molar-refractivity contribution is 5.24. The molecule has 0 bridgehead atoms. The summed E-state index contributed by atoms with van der Waals surface area (Å²) in [7, 11) is 0. The molecule has 3 aromatic rings. The van der Waals surface area contributed by atoms with E-state index in [1.54, 1.807) is 0 Å². The zero-order valence-corrected chi connectivity index (χ0v) is 15.7. The van der Waals surface area contributed by atoms with Gasteiger partial charge < -0.3 is 5.32 Å².